The predicted octanol–water partition coefficient (Wildman–Crippen LogP) is 2.32. The van der Waals surface area contributed by atoms with E-state index in [1.54, 1.807) is 17.8 Å². The maximum Gasteiger partial charge on any atom is 0.274 e. The van der Waals surface area contributed by atoms with Crippen LogP contribution in [0.25, 0.3) is 11.0 Å². The van der Waals surface area contributed by atoms with Gasteiger partial charge in [-0.15, -0.1) is 0 Å². The van der Waals surface area contributed by atoms with Gasteiger partial charge in [0.25, 0.3) is 11.5 Å². The van der Waals surface area contributed by atoms with Crippen LogP contribution in [-0.4, -0.2) is 27.2 Å². The third-order valence-corrected chi connectivity index (χ3v) is 4.21. The molecular weight excluding hydrogens is 316 g/mol. The van der Waals surface area contributed by atoms with Crippen molar-refractivity contribution in [3.05, 3.63) is 63.6 Å². The minimum Gasteiger partial charge on any atom is -0.352 e. The van der Waals surface area contributed by atoms with Gasteiger partial charge in [0.1, 0.15) is 0 Å². The number of unbranched alkanes of at least 4 members (excludes halogenated alkanes) is 1. The maximum atomic E-state index is 12.5. The number of nitrogens with zero attached hydrogens (tertiary/aromatic N) is 2. The highest BCUT2D eigenvalue weighted by atomic mass is 16.2. The molecule has 2 aromatic heterocycles. The van der Waals surface area contributed by atoms with E-state index in [0.717, 1.165) is 19.3 Å². The second-order valence-electron chi connectivity index (χ2n) is 6.21. The summed E-state index contributed by atoms with van der Waals surface area (Å²) in [5.74, 6) is -0.230. The molecule has 1 aromatic carbocycles. The number of benzene rings is 1. The van der Waals surface area contributed by atoms with Gasteiger partial charge < -0.3 is 5.32 Å². The molecule has 3 rings (SSSR count). The van der Waals surface area contributed by atoms with Crippen LogP contribution in [0.15, 0.2) is 41.2 Å². The number of H-pyrrole nitrogens is 1. The average molecular weight is 338 g/mol. The van der Waals surface area contributed by atoms with Crippen LogP contribution in [0.3, 0.4) is 0 Å². The van der Waals surface area contributed by atoms with Crippen LogP contribution in [0.2, 0.25) is 0 Å². The van der Waals surface area contributed by atoms with Gasteiger partial charge in [-0.2, -0.15) is 0 Å². The highest BCUT2D eigenvalue weighted by Crippen LogP contribution is 2.14. The Hall–Kier alpha value is -2.89. The first-order valence-electron chi connectivity index (χ1n) is 8.45. The molecule has 0 atom stereocenters. The lowest BCUT2D eigenvalue weighted by Crippen LogP contribution is -2.25. The summed E-state index contributed by atoms with van der Waals surface area (Å²) in [5, 5.41) is 5.91. The Bertz CT molecular complexity index is 941. The number of fused-ring (bicyclic) bond motifs is 1. The van der Waals surface area contributed by atoms with Crippen LogP contribution >= 0.6 is 0 Å². The molecule has 2 heterocycles. The van der Waals surface area contributed by atoms with Gasteiger partial charge in [-0.25, -0.2) is 4.98 Å². The van der Waals surface area contributed by atoms with Crippen molar-refractivity contribution in [2.24, 2.45) is 7.05 Å². The topological polar surface area (TPSA) is 79.8 Å². The zero-order valence-corrected chi connectivity index (χ0v) is 14.5. The number of pyridine rings is 1. The van der Waals surface area contributed by atoms with Crippen LogP contribution in [0.4, 0.5) is 0 Å². The number of carbonyl (C=O) groups is 1. The van der Waals surface area contributed by atoms with Crippen molar-refractivity contribution >= 4 is 16.9 Å². The lowest BCUT2D eigenvalue weighted by atomic mass is 10.1. The van der Waals surface area contributed by atoms with Gasteiger partial charge in [0.15, 0.2) is 5.65 Å². The fourth-order valence-corrected chi connectivity index (χ4v) is 2.96. The Balaban J connectivity index is 1.62. The number of nitrogens with one attached hydrogen (secondary N) is 2. The molecule has 25 heavy (non-hydrogen) atoms. The largest absolute Gasteiger partial charge is 0.352 e. The first kappa shape index (κ1) is 17.0. The van der Waals surface area contributed by atoms with Gasteiger partial charge in [0, 0.05) is 19.3 Å². The molecule has 0 fully saturated rings. The summed E-state index contributed by atoms with van der Waals surface area (Å²) >= 11 is 0. The summed E-state index contributed by atoms with van der Waals surface area (Å²) in [4.78, 5) is 28.9. The van der Waals surface area contributed by atoms with E-state index in [-0.39, 0.29) is 11.5 Å². The van der Waals surface area contributed by atoms with Gasteiger partial charge in [-0.05, 0) is 37.8 Å². The summed E-state index contributed by atoms with van der Waals surface area (Å²) < 4.78 is 1.54. The lowest BCUT2D eigenvalue weighted by Gasteiger charge is -2.07. The van der Waals surface area contributed by atoms with Gasteiger partial charge in [0.05, 0.1) is 10.9 Å². The van der Waals surface area contributed by atoms with E-state index >= 15 is 0 Å². The van der Waals surface area contributed by atoms with Crippen LogP contribution in [0.1, 0.15) is 34.5 Å². The molecule has 1 amide bonds. The molecule has 0 saturated heterocycles. The van der Waals surface area contributed by atoms with Gasteiger partial charge >= 0.3 is 0 Å². The zero-order chi connectivity index (χ0) is 17.8. The van der Waals surface area contributed by atoms with Gasteiger partial charge in [0.2, 0.25) is 0 Å². The summed E-state index contributed by atoms with van der Waals surface area (Å²) in [6.07, 6.45) is 2.88. The lowest BCUT2D eigenvalue weighted by molar-refractivity contribution is 0.0954. The number of aryl methyl sites for hydroxylation is 3. The first-order valence-corrected chi connectivity index (χ1v) is 8.45. The third-order valence-electron chi connectivity index (χ3n) is 4.21. The van der Waals surface area contributed by atoms with Crippen molar-refractivity contribution in [1.82, 2.24) is 20.1 Å². The van der Waals surface area contributed by atoms with Crippen molar-refractivity contribution in [1.29, 1.82) is 0 Å². The minimum absolute atomic E-state index is 0.230. The Morgan fingerprint density at radius 2 is 2.00 bits per heavy atom. The minimum atomic E-state index is -0.292. The zero-order valence-electron chi connectivity index (χ0n) is 14.5. The second kappa shape index (κ2) is 7.34. The molecular formula is C19H22N4O2. The molecule has 0 unspecified atom stereocenters. The quantitative estimate of drug-likeness (QED) is 0.677. The highest BCUT2D eigenvalue weighted by Gasteiger charge is 2.17. The molecule has 130 valence electrons. The predicted molar refractivity (Wildman–Crippen MR) is 97.8 cm³/mol. The van der Waals surface area contributed by atoms with E-state index in [4.69, 9.17) is 0 Å². The van der Waals surface area contributed by atoms with Crippen LogP contribution in [0.5, 0.6) is 0 Å². The average Bonchev–Trinajstić information content (AvgIpc) is 2.88. The van der Waals surface area contributed by atoms with Crippen molar-refractivity contribution in [2.75, 3.05) is 6.54 Å². The summed E-state index contributed by atoms with van der Waals surface area (Å²) in [6.45, 7) is 2.40. The van der Waals surface area contributed by atoms with E-state index in [9.17, 15) is 9.59 Å². The highest BCUT2D eigenvalue weighted by molar-refractivity contribution is 6.05. The fourth-order valence-electron chi connectivity index (χ4n) is 2.96. The molecule has 0 spiro atoms. The van der Waals surface area contributed by atoms with Crippen LogP contribution < -0.4 is 10.9 Å². The molecule has 0 aliphatic rings. The van der Waals surface area contributed by atoms with E-state index in [1.165, 1.54) is 5.56 Å². The van der Waals surface area contributed by atoms with Gasteiger partial charge in [-0.1, -0.05) is 30.3 Å². The van der Waals surface area contributed by atoms with Crippen molar-refractivity contribution in [3.8, 4) is 0 Å². The number of aromatic amines is 1. The van der Waals surface area contributed by atoms with E-state index < -0.39 is 0 Å². The first-order chi connectivity index (χ1) is 12.1. The molecule has 0 aliphatic heterocycles. The van der Waals surface area contributed by atoms with Crippen LogP contribution in [0, 0.1) is 6.92 Å². The number of carbonyl (C=O) groups excluding carboxylic acids is 1. The molecule has 6 nitrogen and oxygen atoms in total. The number of amides is 1. The van der Waals surface area contributed by atoms with Crippen LogP contribution in [-0.2, 0) is 13.5 Å². The molecule has 3 aromatic rings. The van der Waals surface area contributed by atoms with E-state index in [0.29, 0.717) is 28.8 Å². The summed E-state index contributed by atoms with van der Waals surface area (Å²) in [5.41, 5.74) is 2.60. The number of aromatic nitrogens is 3. The second-order valence-corrected chi connectivity index (χ2v) is 6.21. The fraction of sp³-hybridized carbons (Fsp3) is 0.316. The normalized spacial score (nSPS) is 11.0. The smallest absolute Gasteiger partial charge is 0.274 e. The summed E-state index contributed by atoms with van der Waals surface area (Å²) in [6, 6.07) is 12.0. The van der Waals surface area contributed by atoms with E-state index in [2.05, 4.69) is 27.5 Å². The van der Waals surface area contributed by atoms with Crippen molar-refractivity contribution in [3.63, 3.8) is 0 Å². The van der Waals surface area contributed by atoms with Crippen molar-refractivity contribution in [2.45, 2.75) is 26.2 Å². The summed E-state index contributed by atoms with van der Waals surface area (Å²) in [7, 11) is 1.71. The Morgan fingerprint density at radius 3 is 2.76 bits per heavy atom. The monoisotopic (exact) mass is 338 g/mol. The standard InChI is InChI=1S/C19H22N4O2/c1-13-12-15(16-17(21-13)23(2)22-19(16)25)18(24)20-11-7-6-10-14-8-4-3-5-9-14/h3-5,8-9,12H,6-7,10-11H2,1-2H3,(H,20,24)(H,22,25). The van der Waals surface area contributed by atoms with Crippen molar-refractivity contribution < 1.29 is 4.79 Å². The van der Waals surface area contributed by atoms with Gasteiger partial charge in [-0.3, -0.25) is 19.4 Å². The molecule has 0 bridgehead atoms. The SMILES string of the molecule is Cc1cc(C(=O)NCCCCc2ccccc2)c2c(=O)[nH]n(C)c2n1. The Morgan fingerprint density at radius 1 is 1.24 bits per heavy atom. The Labute approximate surface area is 145 Å². The van der Waals surface area contributed by atoms with E-state index in [1.807, 2.05) is 25.1 Å². The number of hydrogen-bond acceptors (Lipinski definition) is 3. The molecule has 2 N–H and O–H groups in total. The maximum absolute atomic E-state index is 12.5. The third kappa shape index (κ3) is 3.79. The number of rotatable bonds is 6. The molecule has 0 radical (unpaired) electrons. The molecule has 0 saturated carbocycles. The Kier molecular flexibility index (Phi) is 4.97. The molecule has 0 aliphatic carbocycles. The molecule has 6 heteroatoms. The number of hydrogen-bond donors (Lipinski definition) is 2.